The van der Waals surface area contributed by atoms with Crippen LogP contribution >= 0.6 is 0 Å². The molecule has 120 valence electrons. The van der Waals surface area contributed by atoms with Crippen molar-refractivity contribution in [3.8, 4) is 0 Å². The number of nitrogens with zero attached hydrogens (tertiary/aromatic N) is 4. The van der Waals surface area contributed by atoms with Crippen molar-refractivity contribution in [3.63, 3.8) is 0 Å². The minimum absolute atomic E-state index is 0.0816. The molecular weight excluding hydrogens is 280 g/mol. The third-order valence-electron chi connectivity index (χ3n) is 4.71. The molecule has 2 saturated heterocycles. The van der Waals surface area contributed by atoms with E-state index >= 15 is 0 Å². The summed E-state index contributed by atoms with van der Waals surface area (Å²) in [5.41, 5.74) is 0. The van der Waals surface area contributed by atoms with E-state index < -0.39 is 0 Å². The minimum Gasteiger partial charge on any atom is -0.339 e. The highest BCUT2D eigenvalue weighted by atomic mass is 16.2. The van der Waals surface area contributed by atoms with Crippen LogP contribution in [0.15, 0.2) is 12.4 Å². The molecule has 0 saturated carbocycles. The number of rotatable bonds is 4. The van der Waals surface area contributed by atoms with Crippen molar-refractivity contribution in [1.29, 1.82) is 0 Å². The standard InChI is InChI=1S/C16H24N4O2/c1-2-14-17-7-10-20(14)13-5-3-8-18(11-13)16(22)12-19-9-4-6-15(19)21/h7,10,13H,2-6,8-9,11-12H2,1H3/t13-/m0/s1. The fourth-order valence-corrected chi connectivity index (χ4v) is 3.49. The second kappa shape index (κ2) is 6.50. The van der Waals surface area contributed by atoms with Crippen LogP contribution in [0.2, 0.25) is 0 Å². The van der Waals surface area contributed by atoms with Crippen molar-refractivity contribution in [2.24, 2.45) is 0 Å². The maximum absolute atomic E-state index is 12.5. The van der Waals surface area contributed by atoms with Gasteiger partial charge in [0.1, 0.15) is 5.82 Å². The van der Waals surface area contributed by atoms with Crippen LogP contribution in [-0.2, 0) is 16.0 Å². The van der Waals surface area contributed by atoms with E-state index in [4.69, 9.17) is 0 Å². The first-order valence-electron chi connectivity index (χ1n) is 8.26. The lowest BCUT2D eigenvalue weighted by molar-refractivity contribution is -0.139. The van der Waals surface area contributed by atoms with E-state index in [0.717, 1.165) is 51.1 Å². The van der Waals surface area contributed by atoms with Gasteiger partial charge in [0.05, 0.1) is 12.6 Å². The molecule has 6 heteroatoms. The lowest BCUT2D eigenvalue weighted by Crippen LogP contribution is -2.45. The molecule has 1 atom stereocenters. The highest BCUT2D eigenvalue weighted by Gasteiger charge is 2.29. The van der Waals surface area contributed by atoms with E-state index in [1.165, 1.54) is 0 Å². The van der Waals surface area contributed by atoms with Crippen LogP contribution in [0, 0.1) is 0 Å². The first-order chi connectivity index (χ1) is 10.7. The summed E-state index contributed by atoms with van der Waals surface area (Å²) in [4.78, 5) is 32.1. The average molecular weight is 304 g/mol. The summed E-state index contributed by atoms with van der Waals surface area (Å²) in [6, 6.07) is 0.310. The number of amides is 2. The first-order valence-corrected chi connectivity index (χ1v) is 8.26. The monoisotopic (exact) mass is 304 g/mol. The first kappa shape index (κ1) is 15.1. The van der Waals surface area contributed by atoms with Gasteiger partial charge < -0.3 is 14.4 Å². The number of aromatic nitrogens is 2. The number of hydrogen-bond donors (Lipinski definition) is 0. The molecule has 0 aromatic carbocycles. The molecule has 0 unspecified atom stereocenters. The summed E-state index contributed by atoms with van der Waals surface area (Å²) in [5.74, 6) is 1.27. The number of aryl methyl sites for hydroxylation is 1. The Morgan fingerprint density at radius 2 is 2.23 bits per heavy atom. The lowest BCUT2D eigenvalue weighted by Gasteiger charge is -2.35. The van der Waals surface area contributed by atoms with Crippen molar-refractivity contribution in [1.82, 2.24) is 19.4 Å². The number of imidazole rings is 1. The zero-order valence-electron chi connectivity index (χ0n) is 13.2. The van der Waals surface area contributed by atoms with Crippen molar-refractivity contribution in [3.05, 3.63) is 18.2 Å². The fraction of sp³-hybridized carbons (Fsp3) is 0.688. The van der Waals surface area contributed by atoms with Crippen LogP contribution in [0.5, 0.6) is 0 Å². The van der Waals surface area contributed by atoms with Crippen LogP contribution in [0.3, 0.4) is 0 Å². The van der Waals surface area contributed by atoms with Crippen LogP contribution in [-0.4, -0.2) is 57.3 Å². The predicted molar refractivity (Wildman–Crippen MR) is 82.3 cm³/mol. The zero-order chi connectivity index (χ0) is 15.5. The van der Waals surface area contributed by atoms with Crippen LogP contribution < -0.4 is 0 Å². The smallest absolute Gasteiger partial charge is 0.242 e. The van der Waals surface area contributed by atoms with Gasteiger partial charge in [-0.2, -0.15) is 0 Å². The maximum atomic E-state index is 12.5. The quantitative estimate of drug-likeness (QED) is 0.840. The third kappa shape index (κ3) is 3.00. The summed E-state index contributed by atoms with van der Waals surface area (Å²) in [6.45, 7) is 4.60. The number of hydrogen-bond acceptors (Lipinski definition) is 3. The van der Waals surface area contributed by atoms with Gasteiger partial charge in [-0.1, -0.05) is 6.92 Å². The Balaban J connectivity index is 1.62. The van der Waals surface area contributed by atoms with Gasteiger partial charge in [0.25, 0.3) is 0 Å². The summed E-state index contributed by atoms with van der Waals surface area (Å²) in [7, 11) is 0. The van der Waals surface area contributed by atoms with E-state index in [2.05, 4.69) is 16.5 Å². The molecule has 0 radical (unpaired) electrons. The maximum Gasteiger partial charge on any atom is 0.242 e. The molecule has 3 heterocycles. The van der Waals surface area contributed by atoms with Crippen LogP contribution in [0.25, 0.3) is 0 Å². The summed E-state index contributed by atoms with van der Waals surface area (Å²) >= 11 is 0. The van der Waals surface area contributed by atoms with Crippen molar-refractivity contribution in [2.75, 3.05) is 26.2 Å². The molecule has 0 aliphatic carbocycles. The Bertz CT molecular complexity index is 554. The molecule has 0 spiro atoms. The van der Waals surface area contributed by atoms with E-state index in [9.17, 15) is 9.59 Å². The van der Waals surface area contributed by atoms with Gasteiger partial charge in [-0.15, -0.1) is 0 Å². The molecule has 22 heavy (non-hydrogen) atoms. The molecule has 1 aromatic heterocycles. The second-order valence-electron chi connectivity index (χ2n) is 6.16. The van der Waals surface area contributed by atoms with Gasteiger partial charge in [0, 0.05) is 44.9 Å². The lowest BCUT2D eigenvalue weighted by atomic mass is 10.1. The second-order valence-corrected chi connectivity index (χ2v) is 6.16. The fourth-order valence-electron chi connectivity index (χ4n) is 3.49. The topological polar surface area (TPSA) is 58.4 Å². The molecular formula is C16H24N4O2. The van der Waals surface area contributed by atoms with Gasteiger partial charge >= 0.3 is 0 Å². The van der Waals surface area contributed by atoms with Gasteiger partial charge in [-0.05, 0) is 19.3 Å². The summed E-state index contributed by atoms with van der Waals surface area (Å²) in [5, 5.41) is 0. The Hall–Kier alpha value is -1.85. The zero-order valence-corrected chi connectivity index (χ0v) is 13.2. The van der Waals surface area contributed by atoms with Gasteiger partial charge in [0.2, 0.25) is 11.8 Å². The molecule has 6 nitrogen and oxygen atoms in total. The summed E-state index contributed by atoms with van der Waals surface area (Å²) < 4.78 is 2.21. The van der Waals surface area contributed by atoms with Crippen molar-refractivity contribution in [2.45, 2.75) is 45.1 Å². The SMILES string of the molecule is CCc1nccn1[C@H]1CCCN(C(=O)CN2CCCC2=O)C1. The molecule has 0 bridgehead atoms. The molecule has 2 aliphatic heterocycles. The van der Waals surface area contributed by atoms with Gasteiger partial charge in [-0.3, -0.25) is 9.59 Å². The Morgan fingerprint density at radius 3 is 2.95 bits per heavy atom. The van der Waals surface area contributed by atoms with Gasteiger partial charge in [0.15, 0.2) is 0 Å². The normalized spacial score (nSPS) is 22.4. The third-order valence-corrected chi connectivity index (χ3v) is 4.71. The predicted octanol–water partition coefficient (Wildman–Crippen LogP) is 1.23. The van der Waals surface area contributed by atoms with Crippen LogP contribution in [0.1, 0.15) is 44.5 Å². The number of likely N-dealkylation sites (tertiary alicyclic amines) is 2. The Morgan fingerprint density at radius 1 is 1.36 bits per heavy atom. The average Bonchev–Trinajstić information content (AvgIpc) is 3.16. The van der Waals surface area contributed by atoms with E-state index in [0.29, 0.717) is 12.5 Å². The molecule has 2 amide bonds. The number of carbonyl (C=O) groups is 2. The Labute approximate surface area is 131 Å². The number of piperidine rings is 1. The number of carbonyl (C=O) groups excluding carboxylic acids is 2. The van der Waals surface area contributed by atoms with Crippen molar-refractivity contribution < 1.29 is 9.59 Å². The molecule has 3 rings (SSSR count). The minimum atomic E-state index is 0.0816. The van der Waals surface area contributed by atoms with Gasteiger partial charge in [-0.25, -0.2) is 4.98 Å². The molecule has 1 aromatic rings. The summed E-state index contributed by atoms with van der Waals surface area (Å²) in [6.07, 6.45) is 8.31. The van der Waals surface area contributed by atoms with E-state index in [1.807, 2.05) is 17.3 Å². The molecule has 2 fully saturated rings. The largest absolute Gasteiger partial charge is 0.339 e. The highest BCUT2D eigenvalue weighted by molar-refractivity contribution is 5.85. The molecule has 0 N–H and O–H groups in total. The van der Waals surface area contributed by atoms with E-state index in [1.54, 1.807) is 4.90 Å². The van der Waals surface area contributed by atoms with E-state index in [-0.39, 0.29) is 18.4 Å². The molecule has 2 aliphatic rings. The van der Waals surface area contributed by atoms with Crippen molar-refractivity contribution >= 4 is 11.8 Å². The Kier molecular flexibility index (Phi) is 4.45. The van der Waals surface area contributed by atoms with Crippen LogP contribution in [0.4, 0.5) is 0 Å². The highest BCUT2D eigenvalue weighted by Crippen LogP contribution is 2.23.